The number of halogens is 1. The number of fused-ring (bicyclic) bond motifs is 1. The second-order valence-electron chi connectivity index (χ2n) is 4.79. The molecule has 0 aliphatic heterocycles. The first-order chi connectivity index (χ1) is 9.71. The van der Waals surface area contributed by atoms with E-state index in [1.54, 1.807) is 17.7 Å². The Hall–Kier alpha value is -1.82. The van der Waals surface area contributed by atoms with Crippen LogP contribution >= 0.6 is 11.6 Å². The number of ether oxygens (including phenoxy) is 1. The molecule has 0 unspecified atom stereocenters. The minimum Gasteiger partial charge on any atom is -0.481 e. The lowest BCUT2D eigenvalue weighted by Gasteiger charge is -2.08. The fourth-order valence-corrected chi connectivity index (χ4v) is 2.26. The van der Waals surface area contributed by atoms with E-state index in [4.69, 9.17) is 16.3 Å². The number of alkyl halides is 1. The third-order valence-corrected chi connectivity index (χ3v) is 3.46. The van der Waals surface area contributed by atoms with Gasteiger partial charge in [-0.25, -0.2) is 4.98 Å². The molecule has 0 spiro atoms. The summed E-state index contributed by atoms with van der Waals surface area (Å²) in [6.07, 6.45) is 2.12. The van der Waals surface area contributed by atoms with Gasteiger partial charge >= 0.3 is 0 Å². The van der Waals surface area contributed by atoms with Gasteiger partial charge in [-0.2, -0.15) is 4.98 Å². The maximum atomic E-state index is 12.0. The fourth-order valence-electron chi connectivity index (χ4n) is 2.06. The average molecular weight is 295 g/mol. The summed E-state index contributed by atoms with van der Waals surface area (Å²) in [7, 11) is 1.55. The van der Waals surface area contributed by atoms with Crippen molar-refractivity contribution in [3.63, 3.8) is 0 Å². The molecule has 0 atom stereocenters. The van der Waals surface area contributed by atoms with Crippen molar-refractivity contribution in [2.75, 3.05) is 7.11 Å². The van der Waals surface area contributed by atoms with E-state index in [1.165, 1.54) is 0 Å². The average Bonchev–Trinajstić information content (AvgIpc) is 3.20. The Morgan fingerprint density at radius 2 is 2.30 bits per heavy atom. The molecule has 0 bridgehead atoms. The van der Waals surface area contributed by atoms with E-state index in [2.05, 4.69) is 15.3 Å². The monoisotopic (exact) mass is 294 g/mol. The van der Waals surface area contributed by atoms with Crippen molar-refractivity contribution in [3.05, 3.63) is 18.0 Å². The maximum Gasteiger partial charge on any atom is 0.240 e. The number of hydrogen-bond acceptors (Lipinski definition) is 4. The quantitative estimate of drug-likeness (QED) is 0.848. The third kappa shape index (κ3) is 2.56. The number of carbonyl (C=O) groups is 1. The number of rotatable bonds is 5. The summed E-state index contributed by atoms with van der Waals surface area (Å²) in [5.74, 6) is 1.31. The van der Waals surface area contributed by atoms with Gasteiger partial charge < -0.3 is 14.6 Å². The van der Waals surface area contributed by atoms with E-state index in [0.717, 1.165) is 12.8 Å². The number of nitrogens with one attached hydrogen (secondary N) is 1. The Balaban J connectivity index is 1.94. The molecule has 1 aliphatic rings. The van der Waals surface area contributed by atoms with Crippen LogP contribution in [0.2, 0.25) is 0 Å². The van der Waals surface area contributed by atoms with Crippen LogP contribution in [-0.2, 0) is 17.2 Å². The number of amides is 1. The summed E-state index contributed by atoms with van der Waals surface area (Å²) in [6, 6.07) is 3.88. The summed E-state index contributed by atoms with van der Waals surface area (Å²) < 4.78 is 6.85. The number of methoxy groups -OCH3 is 1. The van der Waals surface area contributed by atoms with E-state index in [-0.39, 0.29) is 18.3 Å². The second-order valence-corrected chi connectivity index (χ2v) is 5.05. The molecule has 3 rings (SSSR count). The van der Waals surface area contributed by atoms with Gasteiger partial charge in [-0.1, -0.05) is 0 Å². The molecule has 0 saturated heterocycles. The van der Waals surface area contributed by atoms with Crippen molar-refractivity contribution in [2.24, 2.45) is 0 Å². The minimum atomic E-state index is -0.0391. The van der Waals surface area contributed by atoms with Gasteiger partial charge in [-0.15, -0.1) is 11.6 Å². The number of aromatic nitrogens is 3. The SMILES string of the molecule is COc1ccc2nc(CCl)n(CC(=O)NC3CC3)c2n1. The molecule has 6 nitrogen and oxygen atoms in total. The van der Waals surface area contributed by atoms with Crippen molar-refractivity contribution < 1.29 is 9.53 Å². The predicted octanol–water partition coefficient (Wildman–Crippen LogP) is 1.46. The summed E-state index contributed by atoms with van der Waals surface area (Å²) in [5.41, 5.74) is 1.33. The van der Waals surface area contributed by atoms with Gasteiger partial charge in [0, 0.05) is 12.1 Å². The highest BCUT2D eigenvalue weighted by Crippen LogP contribution is 2.21. The summed E-state index contributed by atoms with van der Waals surface area (Å²) >= 11 is 5.90. The fraction of sp³-hybridized carbons (Fsp3) is 0.462. The van der Waals surface area contributed by atoms with Crippen molar-refractivity contribution in [2.45, 2.75) is 31.3 Å². The van der Waals surface area contributed by atoms with E-state index >= 15 is 0 Å². The van der Waals surface area contributed by atoms with Crippen LogP contribution in [0.4, 0.5) is 0 Å². The van der Waals surface area contributed by atoms with Crippen LogP contribution in [0.25, 0.3) is 11.2 Å². The van der Waals surface area contributed by atoms with Crippen molar-refractivity contribution in [1.29, 1.82) is 0 Å². The number of carbonyl (C=O) groups excluding carboxylic acids is 1. The first kappa shape index (κ1) is 13.2. The molecule has 2 aromatic rings. The smallest absolute Gasteiger partial charge is 0.240 e. The van der Waals surface area contributed by atoms with E-state index in [1.807, 2.05) is 6.07 Å². The van der Waals surface area contributed by atoms with Crippen LogP contribution in [0.3, 0.4) is 0 Å². The zero-order valence-corrected chi connectivity index (χ0v) is 11.9. The van der Waals surface area contributed by atoms with Crippen LogP contribution in [0.5, 0.6) is 5.88 Å². The molecule has 2 heterocycles. The summed E-state index contributed by atoms with van der Waals surface area (Å²) in [4.78, 5) is 20.7. The van der Waals surface area contributed by atoms with Crippen molar-refractivity contribution in [1.82, 2.24) is 19.9 Å². The highest BCUT2D eigenvalue weighted by molar-refractivity contribution is 6.16. The highest BCUT2D eigenvalue weighted by Gasteiger charge is 2.24. The minimum absolute atomic E-state index is 0.0391. The molecule has 1 N–H and O–H groups in total. The number of nitrogens with zero attached hydrogens (tertiary/aromatic N) is 3. The Labute approximate surface area is 121 Å². The highest BCUT2D eigenvalue weighted by atomic mass is 35.5. The zero-order valence-electron chi connectivity index (χ0n) is 11.1. The molecule has 1 aliphatic carbocycles. The van der Waals surface area contributed by atoms with Gasteiger partial charge in [0.05, 0.1) is 13.0 Å². The predicted molar refractivity (Wildman–Crippen MR) is 74.8 cm³/mol. The molecule has 106 valence electrons. The summed E-state index contributed by atoms with van der Waals surface area (Å²) in [6.45, 7) is 0.176. The molecule has 2 aromatic heterocycles. The summed E-state index contributed by atoms with van der Waals surface area (Å²) in [5, 5.41) is 2.95. The molecule has 7 heteroatoms. The van der Waals surface area contributed by atoms with Gasteiger partial charge in [-0.3, -0.25) is 4.79 Å². The molecule has 0 aromatic carbocycles. The van der Waals surface area contributed by atoms with Gasteiger partial charge in [0.1, 0.15) is 17.9 Å². The first-order valence-corrected chi connectivity index (χ1v) is 7.00. The standard InChI is InChI=1S/C13H15ClN4O2/c1-20-12-5-4-9-13(17-12)18(10(6-14)16-9)7-11(19)15-8-2-3-8/h4-5,8H,2-3,6-7H2,1H3,(H,15,19). The molecule has 0 radical (unpaired) electrons. The molecule has 1 saturated carbocycles. The molecule has 20 heavy (non-hydrogen) atoms. The Bertz CT molecular complexity index is 651. The van der Waals surface area contributed by atoms with E-state index in [9.17, 15) is 4.79 Å². The van der Waals surface area contributed by atoms with E-state index < -0.39 is 0 Å². The van der Waals surface area contributed by atoms with Crippen LogP contribution in [-0.4, -0.2) is 33.6 Å². The van der Waals surface area contributed by atoms with Gasteiger partial charge in [0.25, 0.3) is 0 Å². The van der Waals surface area contributed by atoms with Gasteiger partial charge in [-0.05, 0) is 18.9 Å². The lowest BCUT2D eigenvalue weighted by Crippen LogP contribution is -2.29. The first-order valence-electron chi connectivity index (χ1n) is 6.46. The Kier molecular flexibility index (Phi) is 3.48. The zero-order chi connectivity index (χ0) is 14.1. The molecule has 1 fully saturated rings. The van der Waals surface area contributed by atoms with Crippen molar-refractivity contribution >= 4 is 28.7 Å². The van der Waals surface area contributed by atoms with Crippen LogP contribution in [0.1, 0.15) is 18.7 Å². The second kappa shape index (κ2) is 5.28. The lowest BCUT2D eigenvalue weighted by atomic mass is 10.4. The van der Waals surface area contributed by atoms with Crippen LogP contribution in [0, 0.1) is 0 Å². The van der Waals surface area contributed by atoms with Gasteiger partial charge in [0.2, 0.25) is 11.8 Å². The maximum absolute atomic E-state index is 12.0. The number of pyridine rings is 1. The van der Waals surface area contributed by atoms with Gasteiger partial charge in [0.15, 0.2) is 5.65 Å². The molecular weight excluding hydrogens is 280 g/mol. The number of imidazole rings is 1. The topological polar surface area (TPSA) is 69.0 Å². The largest absolute Gasteiger partial charge is 0.481 e. The Morgan fingerprint density at radius 1 is 1.50 bits per heavy atom. The third-order valence-electron chi connectivity index (χ3n) is 3.22. The molecule has 1 amide bonds. The van der Waals surface area contributed by atoms with E-state index in [0.29, 0.717) is 28.9 Å². The van der Waals surface area contributed by atoms with Crippen molar-refractivity contribution in [3.8, 4) is 5.88 Å². The lowest BCUT2D eigenvalue weighted by molar-refractivity contribution is -0.121. The Morgan fingerprint density at radius 3 is 2.95 bits per heavy atom. The molecular formula is C13H15ClN4O2. The van der Waals surface area contributed by atoms with Crippen LogP contribution in [0.15, 0.2) is 12.1 Å². The van der Waals surface area contributed by atoms with Crippen LogP contribution < -0.4 is 10.1 Å². The normalized spacial score (nSPS) is 14.5. The number of hydrogen-bond donors (Lipinski definition) is 1.